The summed E-state index contributed by atoms with van der Waals surface area (Å²) < 4.78 is 7.78. The first-order valence-electron chi connectivity index (χ1n) is 9.96. The third kappa shape index (κ3) is 3.18. The molecule has 0 fully saturated rings. The fourth-order valence-electron chi connectivity index (χ4n) is 4.04. The predicted molar refractivity (Wildman–Crippen MR) is 118 cm³/mol. The third-order valence-corrected chi connectivity index (χ3v) is 5.63. The summed E-state index contributed by atoms with van der Waals surface area (Å²) in [5.41, 5.74) is -2.96. The zero-order valence-electron chi connectivity index (χ0n) is 17.7. The Hall–Kier alpha value is -3.53. The molecule has 3 N–H and O–H groups in total. The highest BCUT2D eigenvalue weighted by molar-refractivity contribution is 6.30. The maximum Gasteiger partial charge on any atom is 0.331 e. The molecule has 10 nitrogen and oxygen atoms in total. The Labute approximate surface area is 185 Å². The van der Waals surface area contributed by atoms with Crippen molar-refractivity contribution < 1.29 is 9.84 Å². The van der Waals surface area contributed by atoms with E-state index in [-0.39, 0.29) is 22.8 Å². The quantitative estimate of drug-likeness (QED) is 0.428. The molecular formula is C21H21ClN4O6. The number of aromatic hydroxyl groups is 1. The number of H-pyrrole nitrogens is 2. The monoisotopic (exact) mass is 460 g/mol. The average molecular weight is 461 g/mol. The predicted octanol–water partition coefficient (Wildman–Crippen LogP) is 2.19. The maximum atomic E-state index is 13.4. The lowest BCUT2D eigenvalue weighted by molar-refractivity contribution is 0.368. The summed E-state index contributed by atoms with van der Waals surface area (Å²) in [5.74, 6) is -1.64. The normalized spacial score (nSPS) is 14.9. The number of nitrogens with one attached hydrogen (secondary N) is 2. The molecule has 1 aliphatic heterocycles. The molecule has 0 saturated heterocycles. The summed E-state index contributed by atoms with van der Waals surface area (Å²) in [6.45, 7) is 6.65. The van der Waals surface area contributed by atoms with Gasteiger partial charge >= 0.3 is 11.4 Å². The first-order valence-corrected chi connectivity index (χ1v) is 10.3. The van der Waals surface area contributed by atoms with E-state index in [9.17, 15) is 24.3 Å². The van der Waals surface area contributed by atoms with E-state index < -0.39 is 46.4 Å². The topological polar surface area (TPSA) is 139 Å². The van der Waals surface area contributed by atoms with Crippen molar-refractivity contribution in [3.8, 4) is 17.5 Å². The number of fused-ring (bicyclic) bond motifs is 2. The van der Waals surface area contributed by atoms with Crippen LogP contribution in [0.3, 0.4) is 0 Å². The Morgan fingerprint density at radius 1 is 0.969 bits per heavy atom. The van der Waals surface area contributed by atoms with Gasteiger partial charge in [0, 0.05) is 22.7 Å². The van der Waals surface area contributed by atoms with Crippen molar-refractivity contribution in [2.75, 3.05) is 0 Å². The number of hydrogen-bond donors (Lipinski definition) is 3. The second kappa shape index (κ2) is 7.56. The van der Waals surface area contributed by atoms with Crippen LogP contribution in [0.2, 0.25) is 5.02 Å². The largest absolute Gasteiger partial charge is 0.494 e. The fourth-order valence-corrected chi connectivity index (χ4v) is 4.22. The van der Waals surface area contributed by atoms with Crippen LogP contribution in [-0.2, 0) is 0 Å². The average Bonchev–Trinajstić information content (AvgIpc) is 2.66. The molecule has 0 amide bonds. The van der Waals surface area contributed by atoms with E-state index in [1.165, 1.54) is 12.1 Å². The molecule has 0 radical (unpaired) electrons. The summed E-state index contributed by atoms with van der Waals surface area (Å²) >= 11 is 6.19. The zero-order valence-corrected chi connectivity index (χ0v) is 18.5. The van der Waals surface area contributed by atoms with Gasteiger partial charge in [0.25, 0.3) is 11.1 Å². The van der Waals surface area contributed by atoms with Crippen molar-refractivity contribution in [2.45, 2.75) is 45.7 Å². The summed E-state index contributed by atoms with van der Waals surface area (Å²) in [6, 6.07) is 3.62. The smallest absolute Gasteiger partial charge is 0.331 e. The summed E-state index contributed by atoms with van der Waals surface area (Å²) in [4.78, 5) is 56.0. The van der Waals surface area contributed by atoms with Crippen molar-refractivity contribution in [2.24, 2.45) is 0 Å². The van der Waals surface area contributed by atoms with Crippen LogP contribution >= 0.6 is 11.6 Å². The number of benzene rings is 1. The summed E-state index contributed by atoms with van der Waals surface area (Å²) in [7, 11) is 0. The summed E-state index contributed by atoms with van der Waals surface area (Å²) in [6.07, 6.45) is 0. The number of aromatic amines is 2. The molecule has 1 atom stereocenters. The SMILES string of the molecule is CC(C)n1c(O)c([C@@H]2c3cc(Cl)ccc3Oc3[nH]c(=O)n(C(C)C)c(=O)c32)c(=O)[nH]c1=O. The fraction of sp³-hybridized carbons (Fsp3) is 0.333. The van der Waals surface area contributed by atoms with Gasteiger partial charge in [-0.2, -0.15) is 0 Å². The van der Waals surface area contributed by atoms with Gasteiger partial charge in [-0.25, -0.2) is 9.59 Å². The molecule has 0 aliphatic carbocycles. The van der Waals surface area contributed by atoms with Crippen LogP contribution in [0.5, 0.6) is 17.5 Å². The second-order valence-electron chi connectivity index (χ2n) is 8.12. The van der Waals surface area contributed by atoms with Gasteiger partial charge in [-0.15, -0.1) is 0 Å². The van der Waals surface area contributed by atoms with E-state index >= 15 is 0 Å². The molecule has 0 spiro atoms. The molecule has 0 saturated carbocycles. The third-order valence-electron chi connectivity index (χ3n) is 5.39. The van der Waals surface area contributed by atoms with Crippen LogP contribution in [0, 0.1) is 0 Å². The number of halogens is 1. The lowest BCUT2D eigenvalue weighted by Gasteiger charge is -2.29. The van der Waals surface area contributed by atoms with E-state index in [4.69, 9.17) is 16.3 Å². The van der Waals surface area contributed by atoms with Crippen LogP contribution in [0.25, 0.3) is 0 Å². The minimum Gasteiger partial charge on any atom is -0.494 e. The highest BCUT2D eigenvalue weighted by Gasteiger charge is 2.38. The number of rotatable bonds is 3. The maximum absolute atomic E-state index is 13.4. The van der Waals surface area contributed by atoms with Gasteiger partial charge in [0.05, 0.1) is 17.0 Å². The van der Waals surface area contributed by atoms with Crippen molar-refractivity contribution >= 4 is 11.6 Å². The van der Waals surface area contributed by atoms with E-state index in [1.54, 1.807) is 33.8 Å². The van der Waals surface area contributed by atoms with Crippen molar-refractivity contribution in [1.82, 2.24) is 19.1 Å². The van der Waals surface area contributed by atoms with Gasteiger partial charge in [0.2, 0.25) is 11.8 Å². The highest BCUT2D eigenvalue weighted by atomic mass is 35.5. The Morgan fingerprint density at radius 2 is 1.59 bits per heavy atom. The Bertz CT molecular complexity index is 1480. The molecule has 3 aromatic rings. The van der Waals surface area contributed by atoms with Gasteiger partial charge in [-0.3, -0.25) is 28.7 Å². The van der Waals surface area contributed by atoms with Gasteiger partial charge in [-0.05, 0) is 45.9 Å². The van der Waals surface area contributed by atoms with E-state index in [0.29, 0.717) is 10.6 Å². The number of ether oxygens (including phenoxy) is 1. The molecule has 2 aromatic heterocycles. The van der Waals surface area contributed by atoms with Crippen molar-refractivity contribution in [1.29, 1.82) is 0 Å². The minimum absolute atomic E-state index is 0.0529. The molecule has 168 valence electrons. The zero-order chi connectivity index (χ0) is 23.5. The van der Waals surface area contributed by atoms with Crippen molar-refractivity contribution in [3.05, 3.63) is 81.6 Å². The molecule has 3 heterocycles. The molecule has 0 unspecified atom stereocenters. The van der Waals surface area contributed by atoms with Crippen LogP contribution in [0.15, 0.2) is 37.4 Å². The van der Waals surface area contributed by atoms with Crippen molar-refractivity contribution in [3.63, 3.8) is 0 Å². The molecule has 4 rings (SSSR count). The summed E-state index contributed by atoms with van der Waals surface area (Å²) in [5, 5.41) is 11.3. The highest BCUT2D eigenvalue weighted by Crippen LogP contribution is 2.46. The number of nitrogens with zero attached hydrogens (tertiary/aromatic N) is 2. The van der Waals surface area contributed by atoms with Gasteiger partial charge in [0.15, 0.2) is 0 Å². The minimum atomic E-state index is -1.16. The first kappa shape index (κ1) is 21.7. The van der Waals surface area contributed by atoms with Crippen LogP contribution in [0.4, 0.5) is 0 Å². The second-order valence-corrected chi connectivity index (χ2v) is 8.56. The van der Waals surface area contributed by atoms with Gasteiger partial charge < -0.3 is 9.84 Å². The first-order chi connectivity index (χ1) is 15.0. The Morgan fingerprint density at radius 3 is 2.22 bits per heavy atom. The standard InChI is InChI=1S/C21H21ClN4O6/c1-8(2)25-18(28)14(16(27)23-20(25)30)13-11-7-10(22)5-6-12(11)32-17-15(13)19(29)26(9(3)4)21(31)24-17/h5-9,13,28H,1-4H3,(H,24,31)(H,23,27,30)/t13-/m0/s1. The van der Waals surface area contributed by atoms with E-state index in [2.05, 4.69) is 9.97 Å². The van der Waals surface area contributed by atoms with E-state index in [1.807, 2.05) is 0 Å². The molecule has 1 aliphatic rings. The molecule has 0 bridgehead atoms. The lowest BCUT2D eigenvalue weighted by Crippen LogP contribution is -2.42. The lowest BCUT2D eigenvalue weighted by atomic mass is 9.84. The van der Waals surface area contributed by atoms with Crippen LogP contribution in [0.1, 0.15) is 62.4 Å². The number of aromatic nitrogens is 4. The molecule has 1 aromatic carbocycles. The van der Waals surface area contributed by atoms with Gasteiger partial charge in [0.1, 0.15) is 5.75 Å². The molecular weight excluding hydrogens is 440 g/mol. The number of hydrogen-bond acceptors (Lipinski definition) is 6. The van der Waals surface area contributed by atoms with Gasteiger partial charge in [-0.1, -0.05) is 11.6 Å². The van der Waals surface area contributed by atoms with Crippen LogP contribution in [-0.4, -0.2) is 24.2 Å². The Balaban J connectivity index is 2.19. The van der Waals surface area contributed by atoms with E-state index in [0.717, 1.165) is 9.13 Å². The Kier molecular flexibility index (Phi) is 5.12. The molecule has 32 heavy (non-hydrogen) atoms. The molecule has 11 heteroatoms. The van der Waals surface area contributed by atoms with Crippen LogP contribution < -0.4 is 27.2 Å².